The molecule has 1 aliphatic heterocycles. The molecule has 0 radical (unpaired) electrons. The van der Waals surface area contributed by atoms with Gasteiger partial charge in [0, 0.05) is 49.2 Å². The van der Waals surface area contributed by atoms with Crippen LogP contribution in [0.1, 0.15) is 13.3 Å². The molecule has 2 aromatic carbocycles. The zero-order valence-electron chi connectivity index (χ0n) is 20.9. The minimum absolute atomic E-state index is 0.0234. The van der Waals surface area contributed by atoms with Crippen molar-refractivity contribution in [1.82, 2.24) is 9.88 Å². The van der Waals surface area contributed by atoms with Gasteiger partial charge in [0.15, 0.2) is 11.6 Å². The van der Waals surface area contributed by atoms with E-state index >= 15 is 0 Å². The van der Waals surface area contributed by atoms with Gasteiger partial charge in [-0.05, 0) is 47.9 Å². The van der Waals surface area contributed by atoms with Crippen molar-refractivity contribution >= 4 is 39.1 Å². The van der Waals surface area contributed by atoms with Gasteiger partial charge in [0.1, 0.15) is 5.15 Å². The molecule has 0 unspecified atom stereocenters. The topological polar surface area (TPSA) is 112 Å². The molecule has 2 heterocycles. The van der Waals surface area contributed by atoms with Crippen molar-refractivity contribution in [2.45, 2.75) is 13.3 Å². The van der Waals surface area contributed by atoms with E-state index in [1.807, 2.05) is 24.3 Å². The Kier molecular flexibility index (Phi) is 8.27. The second kappa shape index (κ2) is 11.4. The molecule has 1 aliphatic rings. The zero-order chi connectivity index (χ0) is 27.4. The first-order valence-electron chi connectivity index (χ1n) is 12.0. The lowest BCUT2D eigenvalue weighted by molar-refractivity contribution is 0.142. The Morgan fingerprint density at radius 1 is 1.11 bits per heavy atom. The minimum Gasteiger partial charge on any atom is -0.492 e. The zero-order valence-corrected chi connectivity index (χ0v) is 22.5. The first-order valence-corrected chi connectivity index (χ1v) is 14.0. The van der Waals surface area contributed by atoms with Crippen LogP contribution in [0.3, 0.4) is 0 Å². The second-order valence-corrected chi connectivity index (χ2v) is 11.0. The molecule has 1 amide bonds. The van der Waals surface area contributed by atoms with Crippen LogP contribution in [0, 0.1) is 5.82 Å². The van der Waals surface area contributed by atoms with Gasteiger partial charge < -0.3 is 19.6 Å². The maximum absolute atomic E-state index is 14.9. The van der Waals surface area contributed by atoms with Crippen LogP contribution in [0.15, 0.2) is 48.7 Å². The Morgan fingerprint density at radius 2 is 1.79 bits per heavy atom. The van der Waals surface area contributed by atoms with Crippen molar-refractivity contribution in [2.24, 2.45) is 0 Å². The van der Waals surface area contributed by atoms with Crippen molar-refractivity contribution in [3.63, 3.8) is 0 Å². The van der Waals surface area contributed by atoms with Gasteiger partial charge >= 0.3 is 6.09 Å². The smallest absolute Gasteiger partial charge is 0.407 e. The van der Waals surface area contributed by atoms with Crippen LogP contribution in [0.25, 0.3) is 22.3 Å². The average molecular weight is 563 g/mol. The molecule has 1 fully saturated rings. The van der Waals surface area contributed by atoms with Crippen molar-refractivity contribution in [3.8, 4) is 28.0 Å². The van der Waals surface area contributed by atoms with Crippen LogP contribution >= 0.6 is 11.6 Å². The van der Waals surface area contributed by atoms with Crippen molar-refractivity contribution < 1.29 is 27.4 Å². The first kappa shape index (κ1) is 27.5. The Labute approximate surface area is 225 Å². The molecule has 38 heavy (non-hydrogen) atoms. The molecular formula is C26H28ClFN4O5S. The number of benzene rings is 2. The number of hydrogen-bond donors (Lipinski definition) is 2. The number of anilines is 2. The maximum Gasteiger partial charge on any atom is 0.407 e. The van der Waals surface area contributed by atoms with E-state index in [2.05, 4.69) is 14.6 Å². The van der Waals surface area contributed by atoms with E-state index in [0.717, 1.165) is 16.8 Å². The third kappa shape index (κ3) is 6.11. The Balaban J connectivity index is 1.63. The lowest BCUT2D eigenvalue weighted by Crippen LogP contribution is -2.48. The number of ether oxygens (including phenoxy) is 1. The van der Waals surface area contributed by atoms with Crippen LogP contribution in [-0.4, -0.2) is 68.5 Å². The lowest BCUT2D eigenvalue weighted by Gasteiger charge is -2.34. The third-order valence-electron chi connectivity index (χ3n) is 6.25. The lowest BCUT2D eigenvalue weighted by atomic mass is 10.0. The van der Waals surface area contributed by atoms with Crippen LogP contribution in [-0.2, 0) is 10.0 Å². The molecule has 0 aliphatic carbocycles. The number of methoxy groups -OCH3 is 1. The molecule has 1 saturated heterocycles. The fourth-order valence-electron chi connectivity index (χ4n) is 4.35. The highest BCUT2D eigenvalue weighted by atomic mass is 35.5. The summed E-state index contributed by atoms with van der Waals surface area (Å²) in [5.41, 5.74) is 3.30. The molecule has 0 spiro atoms. The molecule has 0 saturated carbocycles. The number of hydrogen-bond acceptors (Lipinski definition) is 6. The predicted octanol–water partition coefficient (Wildman–Crippen LogP) is 5.17. The number of halogens is 2. The molecule has 0 bridgehead atoms. The largest absolute Gasteiger partial charge is 0.492 e. The Bertz CT molecular complexity index is 1430. The normalized spacial score (nSPS) is 13.9. The van der Waals surface area contributed by atoms with Gasteiger partial charge in [0.2, 0.25) is 10.0 Å². The van der Waals surface area contributed by atoms with Crippen molar-refractivity contribution in [3.05, 3.63) is 59.6 Å². The Morgan fingerprint density at radius 3 is 2.39 bits per heavy atom. The summed E-state index contributed by atoms with van der Waals surface area (Å²) < 4.78 is 47.2. The molecule has 202 valence electrons. The van der Waals surface area contributed by atoms with Gasteiger partial charge in [-0.2, -0.15) is 0 Å². The number of piperazine rings is 1. The summed E-state index contributed by atoms with van der Waals surface area (Å²) in [6.45, 7) is 3.82. The van der Waals surface area contributed by atoms with Gasteiger partial charge in [-0.3, -0.25) is 4.72 Å². The molecule has 1 aromatic heterocycles. The minimum atomic E-state index is -3.70. The highest BCUT2D eigenvalue weighted by Gasteiger charge is 2.21. The quantitative estimate of drug-likeness (QED) is 0.364. The monoisotopic (exact) mass is 562 g/mol. The van der Waals surface area contributed by atoms with E-state index in [0.29, 0.717) is 43.7 Å². The average Bonchev–Trinajstić information content (AvgIpc) is 2.88. The van der Waals surface area contributed by atoms with E-state index in [1.54, 1.807) is 19.2 Å². The summed E-state index contributed by atoms with van der Waals surface area (Å²) in [5, 5.41) is 9.28. The van der Waals surface area contributed by atoms with Crippen molar-refractivity contribution in [2.75, 3.05) is 48.7 Å². The van der Waals surface area contributed by atoms with Gasteiger partial charge in [-0.25, -0.2) is 22.6 Å². The van der Waals surface area contributed by atoms with Crippen LogP contribution in [0.2, 0.25) is 5.15 Å². The number of nitrogens with zero attached hydrogens (tertiary/aromatic N) is 3. The van der Waals surface area contributed by atoms with Gasteiger partial charge in [0.25, 0.3) is 0 Å². The molecule has 9 nitrogen and oxygen atoms in total. The van der Waals surface area contributed by atoms with E-state index in [4.69, 9.17) is 21.4 Å². The Hall–Kier alpha value is -3.57. The van der Waals surface area contributed by atoms with Gasteiger partial charge in [0.05, 0.1) is 18.6 Å². The molecule has 3 aromatic rings. The van der Waals surface area contributed by atoms with E-state index in [-0.39, 0.29) is 22.3 Å². The number of nitrogens with one attached hydrogen (secondary N) is 1. The second-order valence-electron chi connectivity index (χ2n) is 8.83. The number of carbonyl (C=O) groups is 1. The maximum atomic E-state index is 14.9. The van der Waals surface area contributed by atoms with Crippen LogP contribution in [0.5, 0.6) is 5.75 Å². The SMILES string of the molecule is CCCS(=O)(=O)Nc1cc(-c2cc(-c3ccc(N4CCN(C(=O)O)CC4)cc3)cnc2Cl)cc(F)c1OC. The summed E-state index contributed by atoms with van der Waals surface area (Å²) in [5.74, 6) is -1.08. The van der Waals surface area contributed by atoms with Crippen LogP contribution in [0.4, 0.5) is 20.6 Å². The highest BCUT2D eigenvalue weighted by molar-refractivity contribution is 7.92. The number of aromatic nitrogens is 1. The number of carboxylic acid groups (broad SMARTS) is 1. The highest BCUT2D eigenvalue weighted by Crippen LogP contribution is 2.38. The predicted molar refractivity (Wildman–Crippen MR) is 146 cm³/mol. The van der Waals surface area contributed by atoms with Crippen LogP contribution < -0.4 is 14.4 Å². The molecular weight excluding hydrogens is 535 g/mol. The number of amides is 1. The standard InChI is InChI=1S/C26H28ClFN4O5S/c1-3-12-38(35,36)30-23-15-18(14-22(28)24(23)37-2)21-13-19(16-29-25(21)27)17-4-6-20(7-5-17)31-8-10-32(11-9-31)26(33)34/h4-7,13-16,30H,3,8-12H2,1-2H3,(H,33,34). The first-order chi connectivity index (χ1) is 18.1. The van der Waals surface area contributed by atoms with E-state index in [9.17, 15) is 17.6 Å². The fourth-order valence-corrected chi connectivity index (χ4v) is 5.69. The number of rotatable bonds is 8. The summed E-state index contributed by atoms with van der Waals surface area (Å²) >= 11 is 6.38. The van der Waals surface area contributed by atoms with Gasteiger partial charge in [-0.15, -0.1) is 0 Å². The summed E-state index contributed by atoms with van der Waals surface area (Å²) in [7, 11) is -2.43. The third-order valence-corrected chi connectivity index (χ3v) is 8.03. The van der Waals surface area contributed by atoms with E-state index in [1.165, 1.54) is 24.1 Å². The molecule has 0 atom stereocenters. The van der Waals surface area contributed by atoms with E-state index < -0.39 is 21.9 Å². The number of sulfonamides is 1. The number of pyridine rings is 1. The summed E-state index contributed by atoms with van der Waals surface area (Å²) in [6, 6.07) is 12.2. The molecule has 2 N–H and O–H groups in total. The summed E-state index contributed by atoms with van der Waals surface area (Å²) in [4.78, 5) is 18.9. The summed E-state index contributed by atoms with van der Waals surface area (Å²) in [6.07, 6.45) is 1.10. The van der Waals surface area contributed by atoms with Crippen molar-refractivity contribution in [1.29, 1.82) is 0 Å². The molecule has 4 rings (SSSR count). The van der Waals surface area contributed by atoms with Gasteiger partial charge in [-0.1, -0.05) is 30.7 Å². The fraction of sp³-hybridized carbons (Fsp3) is 0.308. The molecule has 12 heteroatoms.